The second-order valence-electron chi connectivity index (χ2n) is 6.97. The Bertz CT molecular complexity index is 1020. The average Bonchev–Trinajstić information content (AvgIpc) is 2.70. The van der Waals surface area contributed by atoms with Crippen molar-refractivity contribution < 1.29 is 114 Å². The number of alkyl halides is 23. The quantitative estimate of drug-likeness (QED) is 0.173. The molecule has 0 bridgehead atoms. The number of rotatable bonds is 12. The first-order valence-corrected chi connectivity index (χ1v) is 9.52. The summed E-state index contributed by atoms with van der Waals surface area (Å²) in [6, 6.07) is 0. The summed E-state index contributed by atoms with van der Waals surface area (Å²) in [5, 5.41) is 0. The van der Waals surface area contributed by atoms with Gasteiger partial charge in [-0.1, -0.05) is 0 Å². The molecule has 4 nitrogen and oxygen atoms in total. The molecule has 0 aliphatic rings. The van der Waals surface area contributed by atoms with Crippen LogP contribution in [0.25, 0.3) is 0 Å². The zero-order valence-corrected chi connectivity index (χ0v) is 18.0. The topological polar surface area (TPSA) is 89.4 Å². The van der Waals surface area contributed by atoms with Crippen molar-refractivity contribution >= 4 is 10.1 Å². The van der Waals surface area contributed by atoms with Gasteiger partial charge in [0.1, 0.15) is 0 Å². The molecule has 0 aromatic rings. The summed E-state index contributed by atoms with van der Waals surface area (Å²) in [6.07, 6.45) is -6.27. The van der Waals surface area contributed by atoms with Gasteiger partial charge in [-0.2, -0.15) is 96.2 Å². The van der Waals surface area contributed by atoms with Gasteiger partial charge in [0.05, 0.1) is 0 Å². The average molecular weight is 681 g/mol. The first kappa shape index (κ1) is 40.4. The van der Waals surface area contributed by atoms with Gasteiger partial charge >= 0.3 is 75.8 Å². The van der Waals surface area contributed by atoms with Gasteiger partial charge in [-0.05, 0) is 0 Å². The maximum absolute atomic E-state index is 13.5. The standard InChI is InChI=1S/C12H3F23O3S.H3N/c13-1(14)3(16,17)5(20,21)7(24,25)9(28,29)11(32,33)12(34,35)10(30,31)8(26,27)6(22,23)4(18,19)2(15)39(36,37)38;/h1-2H,(H,36,37,38);1H3. The maximum atomic E-state index is 13.5. The molecule has 0 radical (unpaired) electrons. The summed E-state index contributed by atoms with van der Waals surface area (Å²) >= 11 is 0. The molecule has 28 heteroatoms. The first-order valence-electron chi connectivity index (χ1n) is 8.01. The molecule has 0 amide bonds. The molecule has 0 aromatic heterocycles. The van der Waals surface area contributed by atoms with Crippen LogP contribution in [-0.4, -0.2) is 84.1 Å². The number of halogens is 23. The zero-order chi connectivity index (χ0) is 32.7. The highest BCUT2D eigenvalue weighted by molar-refractivity contribution is 7.86. The lowest BCUT2D eigenvalue weighted by atomic mass is 9.85. The Labute approximate surface area is 202 Å². The Morgan fingerprint density at radius 2 is 0.575 bits per heavy atom. The third-order valence-electron chi connectivity index (χ3n) is 4.42. The molecule has 40 heavy (non-hydrogen) atoms. The van der Waals surface area contributed by atoms with Crippen molar-refractivity contribution in [1.29, 1.82) is 0 Å². The monoisotopic (exact) mass is 681 g/mol. The lowest BCUT2D eigenvalue weighted by molar-refractivity contribution is -0.471. The van der Waals surface area contributed by atoms with Gasteiger partial charge in [0.15, 0.2) is 0 Å². The van der Waals surface area contributed by atoms with Crippen LogP contribution < -0.4 is 6.15 Å². The van der Waals surface area contributed by atoms with Crippen LogP contribution >= 0.6 is 0 Å². The van der Waals surface area contributed by atoms with Crippen molar-refractivity contribution in [3.8, 4) is 0 Å². The summed E-state index contributed by atoms with van der Waals surface area (Å²) in [6.45, 7) is 0. The summed E-state index contributed by atoms with van der Waals surface area (Å²) < 4.78 is 330. The fraction of sp³-hybridized carbons (Fsp3) is 1.00. The fourth-order valence-electron chi connectivity index (χ4n) is 2.07. The van der Waals surface area contributed by atoms with Crippen molar-refractivity contribution in [1.82, 2.24) is 6.15 Å². The van der Waals surface area contributed by atoms with Crippen molar-refractivity contribution in [2.45, 2.75) is 71.2 Å². The summed E-state index contributed by atoms with van der Waals surface area (Å²) in [7, 11) is -7.44. The third kappa shape index (κ3) is 4.77. The number of hydrogen-bond donors (Lipinski definition) is 2. The molecular weight excluding hydrogens is 675 g/mol. The van der Waals surface area contributed by atoms with Crippen LogP contribution in [0.15, 0.2) is 0 Å². The lowest BCUT2D eigenvalue weighted by Gasteiger charge is -2.45. The molecule has 4 N–H and O–H groups in total. The van der Waals surface area contributed by atoms with Crippen molar-refractivity contribution in [3.63, 3.8) is 0 Å². The van der Waals surface area contributed by atoms with Gasteiger partial charge in [-0.25, -0.2) is 13.2 Å². The van der Waals surface area contributed by atoms with E-state index < -0.39 is 81.3 Å². The molecule has 0 rings (SSSR count). The zero-order valence-electron chi connectivity index (χ0n) is 17.2. The summed E-state index contributed by atoms with van der Waals surface area (Å²) in [5.41, 5.74) is -6.24. The highest BCUT2D eigenvalue weighted by Crippen LogP contribution is 2.66. The van der Waals surface area contributed by atoms with E-state index in [0.29, 0.717) is 0 Å². The van der Waals surface area contributed by atoms with Crippen LogP contribution in [0.3, 0.4) is 0 Å². The van der Waals surface area contributed by atoms with E-state index in [0.717, 1.165) is 0 Å². The van der Waals surface area contributed by atoms with Crippen molar-refractivity contribution in [2.24, 2.45) is 0 Å². The van der Waals surface area contributed by atoms with Gasteiger partial charge in [0.25, 0.3) is 5.50 Å². The molecule has 0 saturated carbocycles. The maximum Gasteiger partial charge on any atom is 0.385 e. The fourth-order valence-corrected chi connectivity index (χ4v) is 2.59. The van der Waals surface area contributed by atoms with E-state index in [1.54, 1.807) is 0 Å². The first-order chi connectivity index (χ1) is 16.3. The molecule has 0 heterocycles. The van der Waals surface area contributed by atoms with Crippen LogP contribution in [0.4, 0.5) is 101 Å². The molecule has 0 aromatic carbocycles. The minimum absolute atomic E-state index is 0. The second-order valence-corrected chi connectivity index (χ2v) is 8.42. The van der Waals surface area contributed by atoms with E-state index in [2.05, 4.69) is 0 Å². The van der Waals surface area contributed by atoms with Crippen LogP contribution in [0.5, 0.6) is 0 Å². The van der Waals surface area contributed by atoms with E-state index in [1.165, 1.54) is 0 Å². The van der Waals surface area contributed by atoms with E-state index in [1.807, 2.05) is 0 Å². The normalized spacial score (nSPS) is 17.1. The van der Waals surface area contributed by atoms with Crippen LogP contribution in [0.2, 0.25) is 0 Å². The van der Waals surface area contributed by atoms with E-state index >= 15 is 0 Å². The van der Waals surface area contributed by atoms with Gasteiger partial charge < -0.3 is 6.15 Å². The molecule has 1 unspecified atom stereocenters. The Balaban J connectivity index is 0. The minimum atomic E-state index is -9.52. The Morgan fingerprint density at radius 3 is 0.750 bits per heavy atom. The largest absolute Gasteiger partial charge is 0.385 e. The second kappa shape index (κ2) is 9.92. The predicted molar refractivity (Wildman–Crippen MR) is 76.9 cm³/mol. The van der Waals surface area contributed by atoms with Crippen LogP contribution in [-0.2, 0) is 10.1 Å². The Kier molecular flexibility index (Phi) is 10.0. The van der Waals surface area contributed by atoms with Crippen molar-refractivity contribution in [2.75, 3.05) is 0 Å². The van der Waals surface area contributed by atoms with E-state index in [9.17, 15) is 109 Å². The molecule has 0 saturated heterocycles. The highest BCUT2D eigenvalue weighted by atomic mass is 32.2. The van der Waals surface area contributed by atoms with Gasteiger partial charge in [-0.3, -0.25) is 4.55 Å². The van der Waals surface area contributed by atoms with Crippen LogP contribution in [0, 0.1) is 0 Å². The molecule has 1 atom stereocenters. The highest BCUT2D eigenvalue weighted by Gasteiger charge is 2.98. The van der Waals surface area contributed by atoms with E-state index in [-0.39, 0.29) is 6.15 Å². The third-order valence-corrected chi connectivity index (χ3v) is 5.24. The van der Waals surface area contributed by atoms with Crippen LogP contribution in [0.1, 0.15) is 0 Å². The molecule has 0 aliphatic heterocycles. The summed E-state index contributed by atoms with van der Waals surface area (Å²) in [5.74, 6) is -89.8. The van der Waals surface area contributed by atoms with Gasteiger partial charge in [0.2, 0.25) is 0 Å². The molecule has 0 aliphatic carbocycles. The summed E-state index contributed by atoms with van der Waals surface area (Å²) in [4.78, 5) is 0. The molecule has 0 fully saturated rings. The lowest BCUT2D eigenvalue weighted by Crippen LogP contribution is -2.77. The molecule has 244 valence electrons. The Morgan fingerprint density at radius 1 is 0.400 bits per heavy atom. The molecular formula is C12H6F23NO3S. The van der Waals surface area contributed by atoms with Gasteiger partial charge in [-0.15, -0.1) is 0 Å². The van der Waals surface area contributed by atoms with Crippen molar-refractivity contribution in [3.05, 3.63) is 0 Å². The molecule has 0 spiro atoms. The van der Waals surface area contributed by atoms with E-state index in [4.69, 9.17) is 4.55 Å². The van der Waals surface area contributed by atoms with Gasteiger partial charge in [0, 0.05) is 0 Å². The number of hydrogen-bond acceptors (Lipinski definition) is 3. The predicted octanol–water partition coefficient (Wildman–Crippen LogP) is 6.95. The Hall–Kier alpha value is -1.74. The smallest absolute Gasteiger partial charge is 0.344 e. The SMILES string of the molecule is N.O=S(=O)(O)C(F)C(F)(F)C(F)(F)C(F)(F)C(F)(F)C(F)(F)C(F)(F)C(F)(F)C(F)(F)C(F)(F)C(F)(F)C(F)F. The minimum Gasteiger partial charge on any atom is -0.344 e.